The predicted octanol–water partition coefficient (Wildman–Crippen LogP) is 3.58. The number of alkyl carbamates (subject to hydrolysis) is 1. The largest absolute Gasteiger partial charge is 0.508 e. The second-order valence-electron chi connectivity index (χ2n) is 11.4. The molecule has 1 aliphatic carbocycles. The van der Waals surface area contributed by atoms with Gasteiger partial charge in [-0.2, -0.15) is 0 Å². The molecule has 2 aromatic carbocycles. The summed E-state index contributed by atoms with van der Waals surface area (Å²) in [6.07, 6.45) is -0.204. The monoisotopic (exact) mass is 583 g/mol. The second-order valence-corrected chi connectivity index (χ2v) is 11.4. The van der Waals surface area contributed by atoms with E-state index < -0.39 is 41.6 Å². The highest BCUT2D eigenvalue weighted by Gasteiger charge is 2.48. The van der Waals surface area contributed by atoms with Gasteiger partial charge in [0.25, 0.3) is 0 Å². The van der Waals surface area contributed by atoms with Crippen LogP contribution in [0.3, 0.4) is 0 Å². The zero-order chi connectivity index (χ0) is 31.0. The van der Waals surface area contributed by atoms with Gasteiger partial charge in [0.15, 0.2) is 0 Å². The Bertz CT molecular complexity index is 1260. The number of phenols is 2. The third-order valence-corrected chi connectivity index (χ3v) is 6.74. The Balaban J connectivity index is 2.00. The molecule has 4 unspecified atom stereocenters. The number of nitrogens with one attached hydrogen (secondary N) is 2. The molecule has 11 nitrogen and oxygen atoms in total. The molecule has 228 valence electrons. The number of phenolic OH excluding ortho intramolecular Hbond substituents is 2. The Morgan fingerprint density at radius 3 is 2.26 bits per heavy atom. The molecule has 0 aromatic heterocycles. The topological polar surface area (TPSA) is 154 Å². The lowest BCUT2D eigenvalue weighted by atomic mass is 9.99. The summed E-state index contributed by atoms with van der Waals surface area (Å²) in [5.74, 6) is -1.67. The zero-order valence-electron chi connectivity index (χ0n) is 24.8. The van der Waals surface area contributed by atoms with E-state index >= 15 is 0 Å². The Hall–Kier alpha value is -4.28. The van der Waals surface area contributed by atoms with Crippen molar-refractivity contribution < 1.29 is 38.9 Å². The number of aromatic hydroxyl groups is 2. The normalized spacial score (nSPS) is 17.4. The number of rotatable bonds is 12. The van der Waals surface area contributed by atoms with E-state index in [1.54, 1.807) is 58.0 Å². The van der Waals surface area contributed by atoms with Gasteiger partial charge >= 0.3 is 12.1 Å². The molecule has 0 aliphatic heterocycles. The van der Waals surface area contributed by atoms with Crippen molar-refractivity contribution in [2.24, 2.45) is 5.92 Å². The molecule has 0 radical (unpaired) electrons. The molecule has 0 heterocycles. The van der Waals surface area contributed by atoms with Crippen LogP contribution < -0.4 is 10.6 Å². The van der Waals surface area contributed by atoms with Gasteiger partial charge in [0, 0.05) is 24.6 Å². The molecule has 4 atom stereocenters. The molecule has 3 amide bonds. The third kappa shape index (κ3) is 9.12. The summed E-state index contributed by atoms with van der Waals surface area (Å²) < 4.78 is 10.4. The quantitative estimate of drug-likeness (QED) is 0.277. The van der Waals surface area contributed by atoms with Gasteiger partial charge in [-0.15, -0.1) is 0 Å². The van der Waals surface area contributed by atoms with Gasteiger partial charge in [-0.1, -0.05) is 37.3 Å². The fourth-order valence-electron chi connectivity index (χ4n) is 4.62. The number of amides is 3. The number of hydrogen-bond donors (Lipinski definition) is 4. The molecule has 0 bridgehead atoms. The highest BCUT2D eigenvalue weighted by atomic mass is 16.6. The van der Waals surface area contributed by atoms with Crippen molar-refractivity contribution in [3.63, 3.8) is 0 Å². The van der Waals surface area contributed by atoms with Gasteiger partial charge < -0.3 is 35.2 Å². The van der Waals surface area contributed by atoms with Crippen LogP contribution in [-0.2, 0) is 30.3 Å². The molecule has 1 fully saturated rings. The van der Waals surface area contributed by atoms with Crippen LogP contribution in [0.2, 0.25) is 0 Å². The molecule has 2 aromatic rings. The van der Waals surface area contributed by atoms with Crippen molar-refractivity contribution in [2.75, 3.05) is 13.2 Å². The Morgan fingerprint density at radius 2 is 1.69 bits per heavy atom. The zero-order valence-corrected chi connectivity index (χ0v) is 24.8. The SMILES string of the molecule is CCOC(=O)CCNC(=O)C(c1ccccc1O)N(C(=O)C(Cc1ccc(O)cc1)NC(=O)OC(C)(C)C)C1CC1C. The molecule has 42 heavy (non-hydrogen) atoms. The second kappa shape index (κ2) is 14.1. The molecular weight excluding hydrogens is 542 g/mol. The van der Waals surface area contributed by atoms with Crippen molar-refractivity contribution >= 4 is 23.9 Å². The van der Waals surface area contributed by atoms with Gasteiger partial charge in [0.05, 0.1) is 13.0 Å². The van der Waals surface area contributed by atoms with Crippen LogP contribution in [0.1, 0.15) is 64.6 Å². The average molecular weight is 584 g/mol. The smallest absolute Gasteiger partial charge is 0.408 e. The molecule has 3 rings (SSSR count). The number of benzene rings is 2. The fraction of sp³-hybridized carbons (Fsp3) is 0.484. The maximum atomic E-state index is 14.4. The molecular formula is C31H41N3O8. The molecule has 0 spiro atoms. The van der Waals surface area contributed by atoms with Crippen molar-refractivity contribution in [1.82, 2.24) is 15.5 Å². The first kappa shape index (κ1) is 32.2. The molecule has 1 aliphatic rings. The highest BCUT2D eigenvalue weighted by molar-refractivity contribution is 5.93. The number of para-hydroxylation sites is 1. The summed E-state index contributed by atoms with van der Waals surface area (Å²) in [5.41, 5.74) is 0.0428. The minimum absolute atomic E-state index is 0.0306. The third-order valence-electron chi connectivity index (χ3n) is 6.74. The molecule has 4 N–H and O–H groups in total. The highest BCUT2D eigenvalue weighted by Crippen LogP contribution is 2.42. The maximum absolute atomic E-state index is 14.4. The minimum atomic E-state index is -1.25. The van der Waals surface area contributed by atoms with Crippen LogP contribution in [0.15, 0.2) is 48.5 Å². The van der Waals surface area contributed by atoms with Gasteiger partial charge in [-0.05, 0) is 63.8 Å². The number of hydrogen-bond acceptors (Lipinski definition) is 8. The van der Waals surface area contributed by atoms with Crippen LogP contribution in [0.25, 0.3) is 0 Å². The van der Waals surface area contributed by atoms with Crippen molar-refractivity contribution in [3.8, 4) is 11.5 Å². The van der Waals surface area contributed by atoms with Gasteiger partial charge in [-0.25, -0.2) is 4.79 Å². The Labute approximate surface area is 246 Å². The van der Waals surface area contributed by atoms with Gasteiger partial charge in [-0.3, -0.25) is 14.4 Å². The van der Waals surface area contributed by atoms with Crippen LogP contribution in [0.4, 0.5) is 4.79 Å². The molecule has 11 heteroatoms. The lowest BCUT2D eigenvalue weighted by molar-refractivity contribution is -0.145. The number of carbonyl (C=O) groups excluding carboxylic acids is 4. The predicted molar refractivity (Wildman–Crippen MR) is 154 cm³/mol. The first-order chi connectivity index (χ1) is 19.8. The van der Waals surface area contributed by atoms with Gasteiger partial charge in [0.2, 0.25) is 11.8 Å². The number of nitrogens with zero attached hydrogens (tertiary/aromatic N) is 1. The van der Waals surface area contributed by atoms with Crippen molar-refractivity contribution in [1.29, 1.82) is 0 Å². The molecule has 0 saturated heterocycles. The number of ether oxygens (including phenoxy) is 2. The summed E-state index contributed by atoms with van der Waals surface area (Å²) in [6.45, 7) is 8.93. The van der Waals surface area contributed by atoms with E-state index in [0.29, 0.717) is 12.0 Å². The fourth-order valence-corrected chi connectivity index (χ4v) is 4.62. The van der Waals surface area contributed by atoms with E-state index in [1.165, 1.54) is 23.1 Å². The maximum Gasteiger partial charge on any atom is 0.408 e. The van der Waals surface area contributed by atoms with E-state index in [2.05, 4.69) is 10.6 Å². The van der Waals surface area contributed by atoms with E-state index in [4.69, 9.17) is 9.47 Å². The first-order valence-corrected chi connectivity index (χ1v) is 14.1. The number of esters is 1. The Kier molecular flexibility index (Phi) is 10.8. The van der Waals surface area contributed by atoms with E-state index in [0.717, 1.165) is 0 Å². The molecule has 1 saturated carbocycles. The van der Waals surface area contributed by atoms with Crippen molar-refractivity contribution in [3.05, 3.63) is 59.7 Å². The summed E-state index contributed by atoms with van der Waals surface area (Å²) in [7, 11) is 0. The summed E-state index contributed by atoms with van der Waals surface area (Å²) >= 11 is 0. The first-order valence-electron chi connectivity index (χ1n) is 14.1. The standard InChI is InChI=1S/C31H41N3O8/c1-6-41-26(37)15-16-32-28(38)27(22-9-7-8-10-25(22)36)34(24-17-19(24)2)29(39)23(33-30(40)42-31(3,4)5)18-20-11-13-21(35)14-12-20/h7-14,19,23-24,27,35-36H,6,15-18H2,1-5H3,(H,32,38)(H,33,40). The summed E-state index contributed by atoms with van der Waals surface area (Å²) in [6, 6.07) is 9.75. The van der Waals surface area contributed by atoms with Crippen LogP contribution in [0.5, 0.6) is 11.5 Å². The van der Waals surface area contributed by atoms with E-state index in [9.17, 15) is 29.4 Å². The Morgan fingerprint density at radius 1 is 1.05 bits per heavy atom. The van der Waals surface area contributed by atoms with Crippen LogP contribution in [-0.4, -0.2) is 69.8 Å². The average Bonchev–Trinajstić information content (AvgIpc) is 3.62. The van der Waals surface area contributed by atoms with Crippen LogP contribution >= 0.6 is 0 Å². The van der Waals surface area contributed by atoms with Crippen LogP contribution in [0, 0.1) is 5.92 Å². The summed E-state index contributed by atoms with van der Waals surface area (Å²) in [5, 5.41) is 25.9. The van der Waals surface area contributed by atoms with Gasteiger partial charge in [0.1, 0.15) is 29.2 Å². The summed E-state index contributed by atoms with van der Waals surface area (Å²) in [4.78, 5) is 54.3. The lowest BCUT2D eigenvalue weighted by Crippen LogP contribution is -2.54. The number of carbonyl (C=O) groups is 4. The lowest BCUT2D eigenvalue weighted by Gasteiger charge is -2.35. The van der Waals surface area contributed by atoms with E-state index in [-0.39, 0.29) is 55.0 Å². The van der Waals surface area contributed by atoms with Crippen molar-refractivity contribution in [2.45, 2.75) is 77.6 Å². The van der Waals surface area contributed by atoms with E-state index in [1.807, 2.05) is 6.92 Å². The minimum Gasteiger partial charge on any atom is -0.508 e.